The highest BCUT2D eigenvalue weighted by molar-refractivity contribution is 7.23. The second kappa shape index (κ2) is 9.01. The van der Waals surface area contributed by atoms with Gasteiger partial charge < -0.3 is 0 Å². The molecular formula is C41H26S. The second-order valence-electron chi connectivity index (χ2n) is 11.2. The minimum atomic E-state index is -0.388. The van der Waals surface area contributed by atoms with Crippen LogP contribution in [0.2, 0.25) is 0 Å². The van der Waals surface area contributed by atoms with Gasteiger partial charge in [-0.1, -0.05) is 146 Å². The molecule has 0 unspecified atom stereocenters. The molecule has 1 heterocycles. The molecule has 42 heavy (non-hydrogen) atoms. The van der Waals surface area contributed by atoms with E-state index in [9.17, 15) is 0 Å². The van der Waals surface area contributed by atoms with E-state index in [0.29, 0.717) is 0 Å². The normalized spacial score (nSPS) is 13.4. The van der Waals surface area contributed by atoms with Crippen molar-refractivity contribution >= 4 is 43.0 Å². The van der Waals surface area contributed by atoms with Crippen molar-refractivity contribution in [2.45, 2.75) is 5.41 Å². The molecule has 0 saturated heterocycles. The van der Waals surface area contributed by atoms with Crippen molar-refractivity contribution in [1.82, 2.24) is 0 Å². The van der Waals surface area contributed by atoms with Crippen molar-refractivity contribution in [2.75, 3.05) is 0 Å². The standard InChI is InChI=1S/C41H26S/c1-3-13-28(14-4-1)41(29-15-5-2-6-16-29)37-22-12-11-20-33(37)34-24-23-27(25-38(34)41)39-26-36-32-19-8-7-17-30(32)31-18-9-10-21-35(31)40(36)42-39/h1-26H. The summed E-state index contributed by atoms with van der Waals surface area (Å²) in [5.74, 6) is 0. The minimum absolute atomic E-state index is 0.388. The minimum Gasteiger partial charge on any atom is -0.135 e. The lowest BCUT2D eigenvalue weighted by atomic mass is 9.67. The molecule has 0 bridgehead atoms. The number of fused-ring (bicyclic) bond motifs is 9. The topological polar surface area (TPSA) is 0 Å². The van der Waals surface area contributed by atoms with Gasteiger partial charge in [-0.25, -0.2) is 0 Å². The Labute approximate surface area is 249 Å². The van der Waals surface area contributed by atoms with Gasteiger partial charge in [-0.05, 0) is 67.2 Å². The highest BCUT2D eigenvalue weighted by atomic mass is 32.1. The zero-order chi connectivity index (χ0) is 27.7. The summed E-state index contributed by atoms with van der Waals surface area (Å²) in [6.07, 6.45) is 0. The third kappa shape index (κ3) is 3.17. The molecule has 8 aromatic rings. The van der Waals surface area contributed by atoms with Gasteiger partial charge >= 0.3 is 0 Å². The van der Waals surface area contributed by atoms with Gasteiger partial charge in [0.15, 0.2) is 0 Å². The van der Waals surface area contributed by atoms with Crippen LogP contribution in [0.4, 0.5) is 0 Å². The van der Waals surface area contributed by atoms with E-state index >= 15 is 0 Å². The Morgan fingerprint density at radius 2 is 0.905 bits per heavy atom. The fraction of sp³-hybridized carbons (Fsp3) is 0.0244. The first-order chi connectivity index (χ1) is 20.8. The van der Waals surface area contributed by atoms with E-state index in [4.69, 9.17) is 0 Å². The van der Waals surface area contributed by atoms with Crippen LogP contribution >= 0.6 is 11.3 Å². The fourth-order valence-corrected chi connectivity index (χ4v) is 8.61. The molecule has 0 N–H and O–H groups in total. The van der Waals surface area contributed by atoms with Crippen molar-refractivity contribution < 1.29 is 0 Å². The van der Waals surface area contributed by atoms with Gasteiger partial charge in [0, 0.05) is 20.3 Å². The zero-order valence-corrected chi connectivity index (χ0v) is 23.7. The van der Waals surface area contributed by atoms with Crippen molar-refractivity contribution in [3.63, 3.8) is 0 Å². The zero-order valence-electron chi connectivity index (χ0n) is 22.9. The highest BCUT2D eigenvalue weighted by Crippen LogP contribution is 2.57. The predicted octanol–water partition coefficient (Wildman–Crippen LogP) is 11.2. The van der Waals surface area contributed by atoms with Crippen LogP contribution in [0.5, 0.6) is 0 Å². The maximum Gasteiger partial charge on any atom is 0.0713 e. The predicted molar refractivity (Wildman–Crippen MR) is 180 cm³/mol. The van der Waals surface area contributed by atoms with Crippen LogP contribution in [0.15, 0.2) is 158 Å². The van der Waals surface area contributed by atoms with E-state index in [1.807, 2.05) is 11.3 Å². The second-order valence-corrected chi connectivity index (χ2v) is 12.3. The summed E-state index contributed by atoms with van der Waals surface area (Å²) in [4.78, 5) is 1.31. The average molecular weight is 551 g/mol. The van der Waals surface area contributed by atoms with Crippen LogP contribution in [-0.4, -0.2) is 0 Å². The molecule has 0 saturated carbocycles. The maximum absolute atomic E-state index is 2.48. The molecule has 0 fully saturated rings. The Kier molecular flexibility index (Phi) is 5.08. The molecule has 1 aliphatic carbocycles. The van der Waals surface area contributed by atoms with Gasteiger partial charge in [-0.15, -0.1) is 11.3 Å². The summed E-state index contributed by atoms with van der Waals surface area (Å²) in [5, 5.41) is 6.64. The third-order valence-electron chi connectivity index (χ3n) is 9.15. The Morgan fingerprint density at radius 1 is 0.381 bits per heavy atom. The van der Waals surface area contributed by atoms with Gasteiger partial charge in [0.25, 0.3) is 0 Å². The van der Waals surface area contributed by atoms with Crippen LogP contribution in [0.25, 0.3) is 53.2 Å². The van der Waals surface area contributed by atoms with Crippen LogP contribution in [0.3, 0.4) is 0 Å². The largest absolute Gasteiger partial charge is 0.135 e. The number of rotatable bonds is 3. The van der Waals surface area contributed by atoms with Crippen LogP contribution in [-0.2, 0) is 5.41 Å². The monoisotopic (exact) mass is 550 g/mol. The van der Waals surface area contributed by atoms with Gasteiger partial charge in [0.05, 0.1) is 5.41 Å². The maximum atomic E-state index is 2.48. The summed E-state index contributed by atoms with van der Waals surface area (Å²) < 4.78 is 1.36. The summed E-state index contributed by atoms with van der Waals surface area (Å²) in [6, 6.07) is 58.4. The Hall–Kier alpha value is -4.98. The van der Waals surface area contributed by atoms with Gasteiger partial charge in [-0.2, -0.15) is 0 Å². The SMILES string of the molecule is c1ccc(C2(c3ccccc3)c3ccccc3-c3ccc(-c4cc5c6ccccc6c6ccccc6c5s4)cc32)cc1. The molecule has 1 aliphatic rings. The fourth-order valence-electron chi connectivity index (χ4n) is 7.40. The molecule has 0 spiro atoms. The van der Waals surface area contributed by atoms with E-state index in [-0.39, 0.29) is 5.41 Å². The molecule has 0 radical (unpaired) electrons. The van der Waals surface area contributed by atoms with Crippen molar-refractivity contribution in [3.05, 3.63) is 180 Å². The number of hydrogen-bond donors (Lipinski definition) is 0. The van der Waals surface area contributed by atoms with Crippen molar-refractivity contribution in [2.24, 2.45) is 0 Å². The Bertz CT molecular complexity index is 2180. The first-order valence-electron chi connectivity index (χ1n) is 14.5. The molecule has 1 aromatic heterocycles. The first kappa shape index (κ1) is 23.7. The molecule has 196 valence electrons. The molecule has 7 aromatic carbocycles. The van der Waals surface area contributed by atoms with E-state index in [0.717, 1.165) is 0 Å². The lowest BCUT2D eigenvalue weighted by Gasteiger charge is -2.34. The van der Waals surface area contributed by atoms with Gasteiger partial charge in [0.1, 0.15) is 0 Å². The molecule has 1 heteroatoms. The highest BCUT2D eigenvalue weighted by Gasteiger charge is 2.46. The summed E-state index contributed by atoms with van der Waals surface area (Å²) in [5.41, 5.74) is 8.82. The summed E-state index contributed by atoms with van der Waals surface area (Å²) in [6.45, 7) is 0. The molecule has 9 rings (SSSR count). The Morgan fingerprint density at radius 3 is 1.60 bits per heavy atom. The molecule has 0 nitrogen and oxygen atoms in total. The smallest absolute Gasteiger partial charge is 0.0713 e. The third-order valence-corrected chi connectivity index (χ3v) is 10.4. The van der Waals surface area contributed by atoms with Gasteiger partial charge in [-0.3, -0.25) is 0 Å². The first-order valence-corrected chi connectivity index (χ1v) is 15.3. The van der Waals surface area contributed by atoms with E-state index < -0.39 is 0 Å². The number of thiophene rings is 1. The van der Waals surface area contributed by atoms with E-state index in [2.05, 4.69) is 158 Å². The van der Waals surface area contributed by atoms with Crippen molar-refractivity contribution in [1.29, 1.82) is 0 Å². The van der Waals surface area contributed by atoms with E-state index in [1.54, 1.807) is 0 Å². The average Bonchev–Trinajstić information content (AvgIpc) is 3.65. The summed E-state index contributed by atoms with van der Waals surface area (Å²) >= 11 is 1.92. The number of benzene rings is 7. The molecule has 0 atom stereocenters. The Balaban J connectivity index is 1.36. The molecular weight excluding hydrogens is 525 g/mol. The molecule has 0 aliphatic heterocycles. The van der Waals surface area contributed by atoms with Crippen molar-refractivity contribution in [3.8, 4) is 21.6 Å². The van der Waals surface area contributed by atoms with Crippen LogP contribution < -0.4 is 0 Å². The quantitative estimate of drug-likeness (QED) is 0.192. The molecule has 0 amide bonds. The lowest BCUT2D eigenvalue weighted by Crippen LogP contribution is -2.28. The van der Waals surface area contributed by atoms with E-state index in [1.165, 1.54) is 75.5 Å². The number of hydrogen-bond acceptors (Lipinski definition) is 1. The summed E-state index contributed by atoms with van der Waals surface area (Å²) in [7, 11) is 0. The van der Waals surface area contributed by atoms with Crippen LogP contribution in [0.1, 0.15) is 22.3 Å². The van der Waals surface area contributed by atoms with Gasteiger partial charge in [0.2, 0.25) is 0 Å². The van der Waals surface area contributed by atoms with Crippen LogP contribution in [0, 0.1) is 0 Å². The lowest BCUT2D eigenvalue weighted by molar-refractivity contribution is 0.769.